The zero-order valence-corrected chi connectivity index (χ0v) is 48.4. The minimum Gasteiger partial charge on any atom is -0.462 e. The maximum Gasteiger partial charge on any atom is 0.306 e. The SMILES string of the molecule is CCCCC/C=C\C/C=C\C/C=C\C/C=C\CCCCCC(=O)OC[C@@H](COC(=O)CCCCCCCCCCCCCCCCCCC)OC(=O)CCCCCCCCCCC/C=C\C/C=C\CCCCC. The van der Waals surface area contributed by atoms with Gasteiger partial charge in [-0.05, 0) is 96.3 Å². The van der Waals surface area contributed by atoms with E-state index in [1.54, 1.807) is 0 Å². The number of carbonyl (C=O) groups is 3. The van der Waals surface area contributed by atoms with Crippen LogP contribution in [0.3, 0.4) is 0 Å². The van der Waals surface area contributed by atoms with E-state index in [9.17, 15) is 14.4 Å². The van der Waals surface area contributed by atoms with Crippen LogP contribution in [0.1, 0.15) is 316 Å². The van der Waals surface area contributed by atoms with E-state index < -0.39 is 6.10 Å². The molecule has 0 N–H and O–H groups in total. The van der Waals surface area contributed by atoms with Crippen molar-refractivity contribution in [2.24, 2.45) is 0 Å². The Morgan fingerprint density at radius 2 is 0.493 bits per heavy atom. The molecule has 0 aliphatic heterocycles. The summed E-state index contributed by atoms with van der Waals surface area (Å²) in [5.41, 5.74) is 0. The van der Waals surface area contributed by atoms with Crippen molar-refractivity contribution in [3.05, 3.63) is 72.9 Å². The molecule has 0 spiro atoms. The molecule has 73 heavy (non-hydrogen) atoms. The highest BCUT2D eigenvalue weighted by atomic mass is 16.6. The van der Waals surface area contributed by atoms with Gasteiger partial charge in [-0.3, -0.25) is 14.4 Å². The lowest BCUT2D eigenvalue weighted by Crippen LogP contribution is -2.30. The first-order valence-corrected chi connectivity index (χ1v) is 31.4. The van der Waals surface area contributed by atoms with Crippen molar-refractivity contribution in [1.29, 1.82) is 0 Å². The Hall–Kier alpha value is -3.15. The fraction of sp³-hybridized carbons (Fsp3) is 0.776. The van der Waals surface area contributed by atoms with Crippen LogP contribution in [0.25, 0.3) is 0 Å². The van der Waals surface area contributed by atoms with E-state index in [0.717, 1.165) is 89.9 Å². The fourth-order valence-corrected chi connectivity index (χ4v) is 8.93. The Morgan fingerprint density at radius 3 is 0.808 bits per heavy atom. The van der Waals surface area contributed by atoms with Gasteiger partial charge in [0.1, 0.15) is 13.2 Å². The predicted molar refractivity (Wildman–Crippen MR) is 316 cm³/mol. The van der Waals surface area contributed by atoms with Crippen molar-refractivity contribution in [2.75, 3.05) is 13.2 Å². The van der Waals surface area contributed by atoms with Gasteiger partial charge < -0.3 is 14.2 Å². The van der Waals surface area contributed by atoms with E-state index in [2.05, 4.69) is 93.7 Å². The first kappa shape index (κ1) is 69.8. The molecule has 0 aliphatic rings. The smallest absolute Gasteiger partial charge is 0.306 e. The lowest BCUT2D eigenvalue weighted by Gasteiger charge is -2.18. The molecule has 1 atom stereocenters. The second-order valence-electron chi connectivity index (χ2n) is 21.0. The van der Waals surface area contributed by atoms with Gasteiger partial charge in [-0.2, -0.15) is 0 Å². The third-order valence-corrected chi connectivity index (χ3v) is 13.7. The molecule has 0 radical (unpaired) electrons. The summed E-state index contributed by atoms with van der Waals surface area (Å²) in [6.45, 7) is 6.60. The highest BCUT2D eigenvalue weighted by Crippen LogP contribution is 2.16. The minimum atomic E-state index is -0.791. The van der Waals surface area contributed by atoms with Gasteiger partial charge in [-0.1, -0.05) is 273 Å². The van der Waals surface area contributed by atoms with Crippen LogP contribution in [-0.4, -0.2) is 37.2 Å². The molecule has 6 heteroatoms. The normalized spacial score (nSPS) is 12.5. The summed E-state index contributed by atoms with van der Waals surface area (Å²) in [4.78, 5) is 38.3. The fourth-order valence-electron chi connectivity index (χ4n) is 8.93. The van der Waals surface area contributed by atoms with E-state index in [-0.39, 0.29) is 31.1 Å². The zero-order valence-electron chi connectivity index (χ0n) is 48.4. The van der Waals surface area contributed by atoms with Crippen LogP contribution in [-0.2, 0) is 28.6 Å². The third-order valence-electron chi connectivity index (χ3n) is 13.7. The number of hydrogen-bond acceptors (Lipinski definition) is 6. The van der Waals surface area contributed by atoms with Crippen molar-refractivity contribution < 1.29 is 28.6 Å². The molecule has 422 valence electrons. The molecular formula is C67H118O6. The molecule has 0 rings (SSSR count). The summed E-state index contributed by atoms with van der Waals surface area (Å²) >= 11 is 0. The van der Waals surface area contributed by atoms with Gasteiger partial charge in [0.25, 0.3) is 0 Å². The Bertz CT molecular complexity index is 1360. The monoisotopic (exact) mass is 1020 g/mol. The van der Waals surface area contributed by atoms with Gasteiger partial charge >= 0.3 is 17.9 Å². The van der Waals surface area contributed by atoms with Crippen LogP contribution in [0, 0.1) is 0 Å². The number of rotatable bonds is 57. The third kappa shape index (κ3) is 59.6. The van der Waals surface area contributed by atoms with Gasteiger partial charge in [-0.15, -0.1) is 0 Å². The summed E-state index contributed by atoms with van der Waals surface area (Å²) in [7, 11) is 0. The van der Waals surface area contributed by atoms with Crippen LogP contribution in [0.2, 0.25) is 0 Å². The number of ether oxygens (including phenoxy) is 3. The van der Waals surface area contributed by atoms with Crippen LogP contribution >= 0.6 is 0 Å². The first-order chi connectivity index (χ1) is 36.0. The molecule has 0 fully saturated rings. The molecule has 0 aliphatic carbocycles. The van der Waals surface area contributed by atoms with E-state index in [1.165, 1.54) is 186 Å². The molecule has 0 unspecified atom stereocenters. The second-order valence-corrected chi connectivity index (χ2v) is 21.0. The maximum absolute atomic E-state index is 12.9. The van der Waals surface area contributed by atoms with Gasteiger partial charge in [-0.25, -0.2) is 0 Å². The number of hydrogen-bond donors (Lipinski definition) is 0. The lowest BCUT2D eigenvalue weighted by molar-refractivity contribution is -0.167. The van der Waals surface area contributed by atoms with Gasteiger partial charge in [0.15, 0.2) is 6.10 Å². The first-order valence-electron chi connectivity index (χ1n) is 31.4. The molecule has 0 saturated carbocycles. The summed E-state index contributed by atoms with van der Waals surface area (Å²) in [5.74, 6) is -0.906. The van der Waals surface area contributed by atoms with E-state index >= 15 is 0 Å². The summed E-state index contributed by atoms with van der Waals surface area (Å²) < 4.78 is 16.9. The van der Waals surface area contributed by atoms with Gasteiger partial charge in [0.05, 0.1) is 0 Å². The van der Waals surface area contributed by atoms with Crippen LogP contribution in [0.5, 0.6) is 0 Å². The molecule has 6 nitrogen and oxygen atoms in total. The number of allylic oxidation sites excluding steroid dienone is 12. The van der Waals surface area contributed by atoms with Crippen molar-refractivity contribution in [3.8, 4) is 0 Å². The van der Waals surface area contributed by atoms with Crippen molar-refractivity contribution >= 4 is 17.9 Å². The lowest BCUT2D eigenvalue weighted by atomic mass is 10.0. The van der Waals surface area contributed by atoms with E-state index in [0.29, 0.717) is 19.3 Å². The summed E-state index contributed by atoms with van der Waals surface area (Å²) in [6, 6.07) is 0. The van der Waals surface area contributed by atoms with Crippen molar-refractivity contribution in [1.82, 2.24) is 0 Å². The van der Waals surface area contributed by atoms with Crippen molar-refractivity contribution in [3.63, 3.8) is 0 Å². The quantitative estimate of drug-likeness (QED) is 0.0261. The highest BCUT2D eigenvalue weighted by Gasteiger charge is 2.19. The Balaban J connectivity index is 4.42. The average Bonchev–Trinajstić information content (AvgIpc) is 3.39. The maximum atomic E-state index is 12.9. The molecule has 0 aromatic carbocycles. The van der Waals surface area contributed by atoms with E-state index in [1.807, 2.05) is 0 Å². The molecule has 0 heterocycles. The van der Waals surface area contributed by atoms with E-state index in [4.69, 9.17) is 14.2 Å². The number of carbonyl (C=O) groups excluding carboxylic acids is 3. The standard InChI is InChI=1S/C67H118O6/c1-4-7-10-13-16-19-22-25-28-31-33-36-39-42-45-48-51-54-57-60-66(69)72-63-64(62-71-65(68)59-56-53-50-47-44-41-38-35-30-27-24-21-18-15-12-9-6-3)73-67(70)61-58-55-52-49-46-43-40-37-34-32-29-26-23-20-17-14-11-8-5-2/h16-17,19-20,25-26,28-29,33,36,42,45,64H,4-15,18,21-24,27,30-32,34-35,37-41,43-44,46-63H2,1-3H3/b19-16-,20-17-,28-25-,29-26-,36-33-,45-42-/t64-/m1/s1. The second kappa shape index (κ2) is 61.4. The summed E-state index contributed by atoms with van der Waals surface area (Å²) in [6.07, 6.45) is 78.9. The molecule has 0 aromatic heterocycles. The minimum absolute atomic E-state index is 0.0846. The molecule has 0 bridgehead atoms. The predicted octanol–water partition coefficient (Wildman–Crippen LogP) is 21.3. The Morgan fingerprint density at radius 1 is 0.274 bits per heavy atom. The number of unbranched alkanes of at least 4 members (excludes halogenated alkanes) is 34. The van der Waals surface area contributed by atoms with Crippen molar-refractivity contribution in [2.45, 2.75) is 322 Å². The van der Waals surface area contributed by atoms with Crippen LogP contribution in [0.4, 0.5) is 0 Å². The molecule has 0 saturated heterocycles. The van der Waals surface area contributed by atoms with Gasteiger partial charge in [0, 0.05) is 19.3 Å². The van der Waals surface area contributed by atoms with Crippen LogP contribution < -0.4 is 0 Å². The summed E-state index contributed by atoms with van der Waals surface area (Å²) in [5, 5.41) is 0. The molecule has 0 aromatic rings. The average molecular weight is 1020 g/mol. The molecule has 0 amide bonds. The Kier molecular flexibility index (Phi) is 58.7. The van der Waals surface area contributed by atoms with Crippen LogP contribution in [0.15, 0.2) is 72.9 Å². The number of esters is 3. The molecular weight excluding hydrogens is 901 g/mol. The Labute approximate surface area is 453 Å². The topological polar surface area (TPSA) is 78.9 Å². The van der Waals surface area contributed by atoms with Gasteiger partial charge in [0.2, 0.25) is 0 Å². The highest BCUT2D eigenvalue weighted by molar-refractivity contribution is 5.71. The largest absolute Gasteiger partial charge is 0.462 e. The zero-order chi connectivity index (χ0) is 52.9.